The molecule has 0 radical (unpaired) electrons. The Morgan fingerprint density at radius 3 is 2.68 bits per heavy atom. The molecule has 124 valence electrons. The van der Waals surface area contributed by atoms with Gasteiger partial charge in [0.2, 0.25) is 5.91 Å². The molecule has 0 atom stereocenters. The van der Waals surface area contributed by atoms with Crippen molar-refractivity contribution < 1.29 is 13.9 Å². The third-order valence-electron chi connectivity index (χ3n) is 3.80. The topological polar surface area (TPSA) is 102 Å². The van der Waals surface area contributed by atoms with Gasteiger partial charge in [-0.25, -0.2) is 0 Å². The normalized spacial score (nSPS) is 17.4. The molecule has 0 spiro atoms. The Hall–Kier alpha value is -1.29. The molecule has 1 aromatic rings. The summed E-state index contributed by atoms with van der Waals surface area (Å²) in [4.78, 5) is 15.9. The maximum absolute atomic E-state index is 11.8. The smallest absolute Gasteiger partial charge is 0.225 e. The average molecular weight is 422 g/mol. The highest BCUT2D eigenvalue weighted by atomic mass is 127. The Morgan fingerprint density at radius 1 is 1.41 bits per heavy atom. The Kier molecular flexibility index (Phi) is 7.66. The molecule has 22 heavy (non-hydrogen) atoms. The molecule has 0 aliphatic carbocycles. The van der Waals surface area contributed by atoms with E-state index in [2.05, 4.69) is 15.6 Å². The van der Waals surface area contributed by atoms with Gasteiger partial charge < -0.3 is 25.5 Å². The average Bonchev–Trinajstić information content (AvgIpc) is 3.01. The fourth-order valence-corrected chi connectivity index (χ4v) is 2.33. The van der Waals surface area contributed by atoms with Gasteiger partial charge in [-0.05, 0) is 25.0 Å². The molecule has 2 rings (SSSR count). The highest BCUT2D eigenvalue weighted by molar-refractivity contribution is 14.0. The van der Waals surface area contributed by atoms with Gasteiger partial charge in [0, 0.05) is 26.8 Å². The molecule has 1 fully saturated rings. The Bertz CT molecular complexity index is 484. The summed E-state index contributed by atoms with van der Waals surface area (Å²) in [7, 11) is 1.68. The number of primary amides is 1. The van der Waals surface area contributed by atoms with Crippen molar-refractivity contribution in [3.8, 4) is 0 Å². The van der Waals surface area contributed by atoms with Crippen LogP contribution >= 0.6 is 24.0 Å². The number of guanidine groups is 1. The number of hydrogen-bond acceptors (Lipinski definition) is 4. The predicted octanol–water partition coefficient (Wildman–Crippen LogP) is 0.845. The number of nitrogens with one attached hydrogen (secondary N) is 2. The monoisotopic (exact) mass is 422 g/mol. The van der Waals surface area contributed by atoms with Crippen molar-refractivity contribution in [2.75, 3.05) is 26.8 Å². The molecule has 2 heterocycles. The van der Waals surface area contributed by atoms with Gasteiger partial charge in [-0.2, -0.15) is 0 Å². The second kappa shape index (κ2) is 8.99. The van der Waals surface area contributed by atoms with Crippen LogP contribution in [-0.2, 0) is 16.1 Å². The number of hydrogen-bond donors (Lipinski definition) is 3. The second-order valence-electron chi connectivity index (χ2n) is 5.12. The van der Waals surface area contributed by atoms with E-state index >= 15 is 0 Å². The molecule has 1 aliphatic rings. The van der Waals surface area contributed by atoms with Gasteiger partial charge >= 0.3 is 0 Å². The minimum atomic E-state index is -0.569. The molecule has 1 saturated heterocycles. The second-order valence-corrected chi connectivity index (χ2v) is 5.12. The van der Waals surface area contributed by atoms with Gasteiger partial charge in [-0.1, -0.05) is 0 Å². The van der Waals surface area contributed by atoms with Crippen LogP contribution in [0.5, 0.6) is 0 Å². The van der Waals surface area contributed by atoms with Crippen molar-refractivity contribution >= 4 is 35.8 Å². The zero-order valence-electron chi connectivity index (χ0n) is 12.6. The standard InChI is InChI=1S/C14H22N4O3.HI/c1-16-13(17-9-11-3-2-6-21-11)18-10-14(12(15)19)4-7-20-8-5-14;/h2-3,6H,4-5,7-10H2,1H3,(H2,15,19)(H2,16,17,18);1H. The number of furan rings is 1. The summed E-state index contributed by atoms with van der Waals surface area (Å²) in [5.41, 5.74) is 5.00. The van der Waals surface area contributed by atoms with Crippen LogP contribution < -0.4 is 16.4 Å². The Morgan fingerprint density at radius 2 is 2.14 bits per heavy atom. The summed E-state index contributed by atoms with van der Waals surface area (Å²) >= 11 is 0. The zero-order valence-corrected chi connectivity index (χ0v) is 15.0. The molecule has 4 N–H and O–H groups in total. The molecule has 1 aliphatic heterocycles. The first-order valence-corrected chi connectivity index (χ1v) is 7.01. The number of nitrogens with zero attached hydrogens (tertiary/aromatic N) is 1. The Balaban J connectivity index is 0.00000242. The number of carbonyl (C=O) groups excluding carboxylic acids is 1. The van der Waals surface area contributed by atoms with Crippen LogP contribution in [0.1, 0.15) is 18.6 Å². The van der Waals surface area contributed by atoms with Crippen LogP contribution in [0.4, 0.5) is 0 Å². The first-order valence-electron chi connectivity index (χ1n) is 7.01. The van der Waals surface area contributed by atoms with Crippen LogP contribution in [-0.4, -0.2) is 38.7 Å². The summed E-state index contributed by atoms with van der Waals surface area (Å²) in [5.74, 6) is 1.13. The van der Waals surface area contributed by atoms with Gasteiger partial charge in [0.15, 0.2) is 5.96 Å². The first-order chi connectivity index (χ1) is 10.2. The van der Waals surface area contributed by atoms with Crippen LogP contribution in [0.15, 0.2) is 27.8 Å². The highest BCUT2D eigenvalue weighted by Gasteiger charge is 2.38. The minimum absolute atomic E-state index is 0. The lowest BCUT2D eigenvalue weighted by Gasteiger charge is -2.34. The van der Waals surface area contributed by atoms with Crippen LogP contribution in [0.25, 0.3) is 0 Å². The largest absolute Gasteiger partial charge is 0.467 e. The van der Waals surface area contributed by atoms with Crippen LogP contribution in [0.2, 0.25) is 0 Å². The predicted molar refractivity (Wildman–Crippen MR) is 94.0 cm³/mol. The lowest BCUT2D eigenvalue weighted by Crippen LogP contribution is -2.51. The van der Waals surface area contributed by atoms with Gasteiger partial charge in [0.05, 0.1) is 18.2 Å². The maximum Gasteiger partial charge on any atom is 0.225 e. The molecule has 8 heteroatoms. The summed E-state index contributed by atoms with van der Waals surface area (Å²) in [6.07, 6.45) is 2.88. The molecule has 7 nitrogen and oxygen atoms in total. The fraction of sp³-hybridized carbons (Fsp3) is 0.571. The number of amides is 1. The van der Waals surface area contributed by atoms with Gasteiger partial charge in [-0.15, -0.1) is 24.0 Å². The van der Waals surface area contributed by atoms with Crippen molar-refractivity contribution in [2.24, 2.45) is 16.1 Å². The number of nitrogens with two attached hydrogens (primary N) is 1. The lowest BCUT2D eigenvalue weighted by molar-refractivity contribution is -0.132. The van der Waals surface area contributed by atoms with Gasteiger partial charge in [-0.3, -0.25) is 9.79 Å². The molecule has 1 aromatic heterocycles. The molecular formula is C14H23IN4O3. The van der Waals surface area contributed by atoms with Crippen molar-refractivity contribution in [2.45, 2.75) is 19.4 Å². The highest BCUT2D eigenvalue weighted by Crippen LogP contribution is 2.29. The third kappa shape index (κ3) is 4.87. The molecule has 0 saturated carbocycles. The van der Waals surface area contributed by atoms with Gasteiger partial charge in [0.1, 0.15) is 5.76 Å². The summed E-state index contributed by atoms with van der Waals surface area (Å²) in [5, 5.41) is 6.29. The van der Waals surface area contributed by atoms with E-state index in [4.69, 9.17) is 14.9 Å². The van der Waals surface area contributed by atoms with E-state index < -0.39 is 5.41 Å². The third-order valence-corrected chi connectivity index (χ3v) is 3.80. The SMILES string of the molecule is CN=C(NCc1ccco1)NCC1(C(N)=O)CCOCC1.I. The number of aliphatic imine (C=N–C) groups is 1. The number of ether oxygens (including phenoxy) is 1. The van der Waals surface area contributed by atoms with E-state index in [0.717, 1.165) is 5.76 Å². The van der Waals surface area contributed by atoms with E-state index in [0.29, 0.717) is 45.1 Å². The van der Waals surface area contributed by atoms with E-state index in [-0.39, 0.29) is 29.9 Å². The minimum Gasteiger partial charge on any atom is -0.467 e. The molecule has 0 aromatic carbocycles. The zero-order chi connectivity index (χ0) is 15.1. The van der Waals surface area contributed by atoms with Crippen LogP contribution in [0, 0.1) is 5.41 Å². The number of carbonyl (C=O) groups is 1. The molecular weight excluding hydrogens is 399 g/mol. The summed E-state index contributed by atoms with van der Waals surface area (Å²) < 4.78 is 10.6. The molecule has 0 unspecified atom stereocenters. The first kappa shape index (κ1) is 18.8. The van der Waals surface area contributed by atoms with E-state index in [1.165, 1.54) is 0 Å². The number of halogens is 1. The summed E-state index contributed by atoms with van der Waals surface area (Å²) in [6, 6.07) is 3.71. The molecule has 0 bridgehead atoms. The van der Waals surface area contributed by atoms with Crippen LogP contribution in [0.3, 0.4) is 0 Å². The van der Waals surface area contributed by atoms with Crippen molar-refractivity contribution in [1.29, 1.82) is 0 Å². The van der Waals surface area contributed by atoms with E-state index in [9.17, 15) is 4.79 Å². The van der Waals surface area contributed by atoms with Crippen molar-refractivity contribution in [3.05, 3.63) is 24.2 Å². The maximum atomic E-state index is 11.8. The molecule has 1 amide bonds. The quantitative estimate of drug-likeness (QED) is 0.371. The van der Waals surface area contributed by atoms with E-state index in [1.54, 1.807) is 13.3 Å². The fourth-order valence-electron chi connectivity index (χ4n) is 2.33. The lowest BCUT2D eigenvalue weighted by atomic mass is 9.79. The van der Waals surface area contributed by atoms with Crippen molar-refractivity contribution in [1.82, 2.24) is 10.6 Å². The summed E-state index contributed by atoms with van der Waals surface area (Å²) in [6.45, 7) is 2.09. The number of rotatable bonds is 5. The Labute approximate surface area is 147 Å². The van der Waals surface area contributed by atoms with Gasteiger partial charge in [0.25, 0.3) is 0 Å². The van der Waals surface area contributed by atoms with E-state index in [1.807, 2.05) is 12.1 Å². The van der Waals surface area contributed by atoms with Crippen molar-refractivity contribution in [3.63, 3.8) is 0 Å².